The molecule has 1 aromatic heterocycles. The van der Waals surface area contributed by atoms with Gasteiger partial charge in [-0.3, -0.25) is 10.1 Å². The maximum absolute atomic E-state index is 11.2. The van der Waals surface area contributed by atoms with E-state index in [2.05, 4.69) is 15.6 Å². The number of rotatable bonds is 5. The quantitative estimate of drug-likeness (QED) is 0.781. The van der Waals surface area contributed by atoms with Gasteiger partial charge in [0.1, 0.15) is 6.54 Å². The van der Waals surface area contributed by atoms with E-state index < -0.39 is 12.1 Å². The second kappa shape index (κ2) is 5.83. The SMILES string of the molecule is CC(C)COC(=O)Nc1cn(CC(=O)O)nn1. The summed E-state index contributed by atoms with van der Waals surface area (Å²) < 4.78 is 5.95. The van der Waals surface area contributed by atoms with Crippen LogP contribution >= 0.6 is 0 Å². The van der Waals surface area contributed by atoms with Crippen LogP contribution in [0.4, 0.5) is 10.6 Å². The first kappa shape index (κ1) is 12.9. The first-order valence-corrected chi connectivity index (χ1v) is 5.03. The predicted molar refractivity (Wildman–Crippen MR) is 57.5 cm³/mol. The highest BCUT2D eigenvalue weighted by molar-refractivity contribution is 5.83. The fourth-order valence-corrected chi connectivity index (χ4v) is 0.955. The Morgan fingerprint density at radius 2 is 2.29 bits per heavy atom. The Labute approximate surface area is 97.6 Å². The average molecular weight is 242 g/mol. The molecule has 1 amide bonds. The molecular weight excluding hydrogens is 228 g/mol. The number of ether oxygens (including phenoxy) is 1. The Hall–Kier alpha value is -2.12. The molecule has 0 saturated carbocycles. The number of carbonyl (C=O) groups excluding carboxylic acids is 1. The average Bonchev–Trinajstić information content (AvgIpc) is 2.61. The molecule has 1 aromatic rings. The molecule has 17 heavy (non-hydrogen) atoms. The lowest BCUT2D eigenvalue weighted by Gasteiger charge is -2.06. The van der Waals surface area contributed by atoms with Crippen LogP contribution in [0.5, 0.6) is 0 Å². The third kappa shape index (κ3) is 4.96. The highest BCUT2D eigenvalue weighted by atomic mass is 16.5. The van der Waals surface area contributed by atoms with Crippen molar-refractivity contribution in [1.29, 1.82) is 0 Å². The summed E-state index contributed by atoms with van der Waals surface area (Å²) in [5, 5.41) is 17.9. The number of anilines is 1. The van der Waals surface area contributed by atoms with Gasteiger partial charge in [-0.05, 0) is 5.92 Å². The number of nitrogens with zero attached hydrogens (tertiary/aromatic N) is 3. The molecule has 94 valence electrons. The van der Waals surface area contributed by atoms with Crippen LogP contribution in [-0.4, -0.2) is 38.8 Å². The lowest BCUT2D eigenvalue weighted by Crippen LogP contribution is -2.16. The van der Waals surface area contributed by atoms with E-state index in [-0.39, 0.29) is 18.3 Å². The van der Waals surface area contributed by atoms with Gasteiger partial charge in [0, 0.05) is 0 Å². The molecule has 1 heterocycles. The first-order valence-electron chi connectivity index (χ1n) is 5.03. The lowest BCUT2D eigenvalue weighted by molar-refractivity contribution is -0.137. The van der Waals surface area contributed by atoms with Crippen LogP contribution in [0.3, 0.4) is 0 Å². The van der Waals surface area contributed by atoms with Crippen molar-refractivity contribution in [2.45, 2.75) is 20.4 Å². The molecule has 0 fully saturated rings. The van der Waals surface area contributed by atoms with E-state index in [1.54, 1.807) is 0 Å². The molecule has 8 nitrogen and oxygen atoms in total. The van der Waals surface area contributed by atoms with Gasteiger partial charge in [-0.2, -0.15) is 0 Å². The van der Waals surface area contributed by atoms with E-state index in [1.165, 1.54) is 6.20 Å². The minimum atomic E-state index is -1.04. The number of hydrogen-bond acceptors (Lipinski definition) is 5. The maximum atomic E-state index is 11.2. The summed E-state index contributed by atoms with van der Waals surface area (Å²) in [7, 11) is 0. The fraction of sp³-hybridized carbons (Fsp3) is 0.556. The third-order valence-electron chi connectivity index (χ3n) is 1.61. The summed E-state index contributed by atoms with van der Waals surface area (Å²) in [6, 6.07) is 0. The third-order valence-corrected chi connectivity index (χ3v) is 1.61. The molecule has 8 heteroatoms. The second-order valence-electron chi connectivity index (χ2n) is 3.81. The van der Waals surface area contributed by atoms with Gasteiger partial charge in [-0.1, -0.05) is 19.1 Å². The van der Waals surface area contributed by atoms with Crippen LogP contribution in [-0.2, 0) is 16.1 Å². The number of amides is 1. The highest BCUT2D eigenvalue weighted by Gasteiger charge is 2.08. The fourth-order valence-electron chi connectivity index (χ4n) is 0.955. The van der Waals surface area contributed by atoms with Gasteiger partial charge in [0.15, 0.2) is 5.82 Å². The van der Waals surface area contributed by atoms with Crippen LogP contribution in [0.1, 0.15) is 13.8 Å². The molecule has 0 radical (unpaired) electrons. The van der Waals surface area contributed by atoms with Crippen molar-refractivity contribution in [3.63, 3.8) is 0 Å². The largest absolute Gasteiger partial charge is 0.480 e. The molecule has 0 unspecified atom stereocenters. The van der Waals surface area contributed by atoms with Crippen molar-refractivity contribution in [2.75, 3.05) is 11.9 Å². The maximum Gasteiger partial charge on any atom is 0.412 e. The Kier molecular flexibility index (Phi) is 4.44. The normalized spacial score (nSPS) is 10.3. The molecule has 0 aliphatic rings. The lowest BCUT2D eigenvalue weighted by atomic mass is 10.2. The molecule has 0 atom stereocenters. The van der Waals surface area contributed by atoms with Crippen molar-refractivity contribution in [2.24, 2.45) is 5.92 Å². The van der Waals surface area contributed by atoms with Crippen molar-refractivity contribution in [1.82, 2.24) is 15.0 Å². The number of nitrogens with one attached hydrogen (secondary N) is 1. The van der Waals surface area contributed by atoms with E-state index in [9.17, 15) is 9.59 Å². The smallest absolute Gasteiger partial charge is 0.412 e. The summed E-state index contributed by atoms with van der Waals surface area (Å²) in [4.78, 5) is 21.6. The van der Waals surface area contributed by atoms with Crippen LogP contribution in [0, 0.1) is 5.92 Å². The Morgan fingerprint density at radius 3 is 2.88 bits per heavy atom. The van der Waals surface area contributed by atoms with E-state index in [0.717, 1.165) is 4.68 Å². The molecule has 0 spiro atoms. The monoisotopic (exact) mass is 242 g/mol. The van der Waals surface area contributed by atoms with Crippen LogP contribution < -0.4 is 5.32 Å². The van der Waals surface area contributed by atoms with Gasteiger partial charge in [-0.15, -0.1) is 5.10 Å². The Bertz CT molecular complexity index is 401. The first-order chi connectivity index (χ1) is 7.97. The number of carboxylic acids is 1. The van der Waals surface area contributed by atoms with Crippen LogP contribution in [0.15, 0.2) is 6.20 Å². The van der Waals surface area contributed by atoms with Gasteiger partial charge >= 0.3 is 12.1 Å². The summed E-state index contributed by atoms with van der Waals surface area (Å²) in [6.07, 6.45) is 0.672. The zero-order valence-corrected chi connectivity index (χ0v) is 9.58. The molecule has 0 aromatic carbocycles. The number of carboxylic acid groups (broad SMARTS) is 1. The zero-order chi connectivity index (χ0) is 12.8. The number of carbonyl (C=O) groups is 2. The minimum absolute atomic E-state index is 0.153. The number of aromatic nitrogens is 3. The van der Waals surface area contributed by atoms with E-state index in [1.807, 2.05) is 13.8 Å². The molecule has 2 N–H and O–H groups in total. The predicted octanol–water partition coefficient (Wildman–Crippen LogP) is 0.567. The van der Waals surface area contributed by atoms with Gasteiger partial charge in [0.05, 0.1) is 12.8 Å². The number of hydrogen-bond donors (Lipinski definition) is 2. The summed E-state index contributed by atoms with van der Waals surface area (Å²) in [5.74, 6) is -0.646. The van der Waals surface area contributed by atoms with Gasteiger partial charge in [0.25, 0.3) is 0 Å². The van der Waals surface area contributed by atoms with Gasteiger partial charge in [0.2, 0.25) is 0 Å². The highest BCUT2D eigenvalue weighted by Crippen LogP contribution is 2.01. The minimum Gasteiger partial charge on any atom is -0.480 e. The van der Waals surface area contributed by atoms with E-state index in [0.29, 0.717) is 6.61 Å². The molecule has 0 saturated heterocycles. The van der Waals surface area contributed by atoms with Crippen molar-refractivity contribution < 1.29 is 19.4 Å². The zero-order valence-electron chi connectivity index (χ0n) is 9.58. The second-order valence-corrected chi connectivity index (χ2v) is 3.81. The van der Waals surface area contributed by atoms with Crippen molar-refractivity contribution in [3.8, 4) is 0 Å². The Balaban J connectivity index is 2.43. The van der Waals surface area contributed by atoms with Gasteiger partial charge < -0.3 is 9.84 Å². The van der Waals surface area contributed by atoms with E-state index >= 15 is 0 Å². The number of aliphatic carboxylic acids is 1. The van der Waals surface area contributed by atoms with Crippen LogP contribution in [0.2, 0.25) is 0 Å². The molecule has 0 aliphatic heterocycles. The Morgan fingerprint density at radius 1 is 1.59 bits per heavy atom. The summed E-state index contributed by atoms with van der Waals surface area (Å²) in [5.41, 5.74) is 0. The van der Waals surface area contributed by atoms with Gasteiger partial charge in [-0.25, -0.2) is 9.48 Å². The van der Waals surface area contributed by atoms with Crippen molar-refractivity contribution >= 4 is 17.9 Å². The molecule has 0 bridgehead atoms. The molecule has 0 aliphatic carbocycles. The summed E-state index contributed by atoms with van der Waals surface area (Å²) in [6.45, 7) is 3.82. The standard InChI is InChI=1S/C9H14N4O4/c1-6(2)5-17-9(16)10-7-3-13(12-11-7)4-8(14)15/h3,6H,4-5H2,1-2H3,(H,10,16)(H,14,15). The van der Waals surface area contributed by atoms with Crippen molar-refractivity contribution in [3.05, 3.63) is 6.20 Å². The van der Waals surface area contributed by atoms with Crippen LogP contribution in [0.25, 0.3) is 0 Å². The molecule has 1 rings (SSSR count). The topological polar surface area (TPSA) is 106 Å². The van der Waals surface area contributed by atoms with E-state index in [4.69, 9.17) is 9.84 Å². The molecular formula is C9H14N4O4. The summed E-state index contributed by atoms with van der Waals surface area (Å²) >= 11 is 0.